The number of hydrogen-bond acceptors (Lipinski definition) is 3. The number of urea groups is 1. The summed E-state index contributed by atoms with van der Waals surface area (Å²) in [6.45, 7) is 6.71. The summed E-state index contributed by atoms with van der Waals surface area (Å²) in [5, 5.41) is 10.3. The minimum atomic E-state index is -0.210. The zero-order valence-electron chi connectivity index (χ0n) is 14.7. The summed E-state index contributed by atoms with van der Waals surface area (Å²) < 4.78 is 1.82. The molecule has 0 spiro atoms. The first kappa shape index (κ1) is 17.0. The van der Waals surface area contributed by atoms with Gasteiger partial charge in [0.1, 0.15) is 0 Å². The first-order valence-electron chi connectivity index (χ1n) is 8.42. The van der Waals surface area contributed by atoms with Gasteiger partial charge in [-0.3, -0.25) is 4.79 Å². The van der Waals surface area contributed by atoms with Gasteiger partial charge in [-0.1, -0.05) is 12.1 Å². The molecule has 1 aromatic carbocycles. The maximum atomic E-state index is 12.8. The van der Waals surface area contributed by atoms with Crippen LogP contribution in [-0.4, -0.2) is 45.8 Å². The Morgan fingerprint density at radius 2 is 2.08 bits per heavy atom. The Labute approximate surface area is 147 Å². The van der Waals surface area contributed by atoms with Crippen LogP contribution in [-0.2, 0) is 4.79 Å². The number of rotatable bonds is 2. The fraction of sp³-hybridized carbons (Fsp3) is 0.389. The number of aryl methyl sites for hydroxylation is 2. The number of amides is 3. The van der Waals surface area contributed by atoms with Gasteiger partial charge in [-0.15, -0.1) is 0 Å². The second kappa shape index (κ2) is 6.96. The molecule has 1 saturated heterocycles. The fourth-order valence-electron chi connectivity index (χ4n) is 3.03. The van der Waals surface area contributed by atoms with Crippen LogP contribution in [0.3, 0.4) is 0 Å². The van der Waals surface area contributed by atoms with Gasteiger partial charge in [0, 0.05) is 31.2 Å². The number of nitrogens with zero attached hydrogens (tertiary/aromatic N) is 3. The van der Waals surface area contributed by atoms with Gasteiger partial charge >= 0.3 is 6.03 Å². The van der Waals surface area contributed by atoms with Gasteiger partial charge in [0.05, 0.1) is 17.1 Å². The lowest BCUT2D eigenvalue weighted by Gasteiger charge is -2.27. The van der Waals surface area contributed by atoms with E-state index in [2.05, 4.69) is 15.7 Å². The number of para-hydroxylation sites is 2. The highest BCUT2D eigenvalue weighted by atomic mass is 16.2. The molecule has 0 saturated carbocycles. The molecule has 7 nitrogen and oxygen atoms in total. The van der Waals surface area contributed by atoms with Crippen molar-refractivity contribution in [1.29, 1.82) is 0 Å². The van der Waals surface area contributed by atoms with Crippen molar-refractivity contribution in [2.75, 3.05) is 18.4 Å². The molecule has 1 aliphatic heterocycles. The lowest BCUT2D eigenvalue weighted by atomic mass is 10.2. The topological polar surface area (TPSA) is 79.3 Å². The fourth-order valence-corrected chi connectivity index (χ4v) is 3.03. The number of aromatic nitrogens is 2. The Balaban J connectivity index is 1.84. The minimum absolute atomic E-state index is 0.0230. The van der Waals surface area contributed by atoms with Crippen LogP contribution in [0, 0.1) is 13.8 Å². The first-order chi connectivity index (χ1) is 12.0. The van der Waals surface area contributed by atoms with E-state index in [0.29, 0.717) is 25.2 Å². The molecule has 1 fully saturated rings. The van der Waals surface area contributed by atoms with Gasteiger partial charge in [-0.05, 0) is 39.0 Å². The van der Waals surface area contributed by atoms with Crippen molar-refractivity contribution in [1.82, 2.24) is 20.0 Å². The Morgan fingerprint density at radius 1 is 1.32 bits per heavy atom. The van der Waals surface area contributed by atoms with Crippen molar-refractivity contribution in [2.45, 2.75) is 33.2 Å². The molecule has 25 heavy (non-hydrogen) atoms. The van der Waals surface area contributed by atoms with Crippen molar-refractivity contribution in [3.63, 3.8) is 0 Å². The van der Waals surface area contributed by atoms with Crippen molar-refractivity contribution in [3.05, 3.63) is 41.7 Å². The SMILES string of the molecule is Cc1cc(C)n(-c2ccccc2NC(=O)N2CCC(=O)NC[C@H]2C)n1. The molecule has 3 amide bonds. The predicted molar refractivity (Wildman–Crippen MR) is 95.9 cm³/mol. The molecule has 7 heteroatoms. The molecule has 0 unspecified atom stereocenters. The van der Waals surface area contributed by atoms with Crippen LogP contribution in [0.15, 0.2) is 30.3 Å². The third kappa shape index (κ3) is 3.65. The van der Waals surface area contributed by atoms with Gasteiger partial charge in [0.2, 0.25) is 5.91 Å². The standard InChI is InChI=1S/C18H23N5O2/c1-12-10-13(2)23(21-12)16-7-5-4-6-15(16)20-18(25)22-9-8-17(24)19-11-14(22)3/h4-7,10,14H,8-9,11H2,1-3H3,(H,19,24)(H,20,25)/t14-/m1/s1. The van der Waals surface area contributed by atoms with E-state index >= 15 is 0 Å². The van der Waals surface area contributed by atoms with E-state index in [9.17, 15) is 9.59 Å². The van der Waals surface area contributed by atoms with Crippen LogP contribution in [0.25, 0.3) is 5.69 Å². The third-order valence-corrected chi connectivity index (χ3v) is 4.35. The molecule has 1 aliphatic rings. The summed E-state index contributed by atoms with van der Waals surface area (Å²) in [6, 6.07) is 9.29. The van der Waals surface area contributed by atoms with Crippen molar-refractivity contribution >= 4 is 17.6 Å². The van der Waals surface area contributed by atoms with Crippen molar-refractivity contribution in [3.8, 4) is 5.69 Å². The largest absolute Gasteiger partial charge is 0.354 e. The van der Waals surface area contributed by atoms with E-state index in [-0.39, 0.29) is 18.0 Å². The average Bonchev–Trinajstić information content (AvgIpc) is 2.81. The maximum Gasteiger partial charge on any atom is 0.322 e. The van der Waals surface area contributed by atoms with Gasteiger partial charge in [-0.25, -0.2) is 9.48 Å². The Morgan fingerprint density at radius 3 is 2.80 bits per heavy atom. The number of hydrogen-bond donors (Lipinski definition) is 2. The molecule has 0 bridgehead atoms. The van der Waals surface area contributed by atoms with E-state index in [0.717, 1.165) is 17.1 Å². The van der Waals surface area contributed by atoms with Gasteiger partial charge in [-0.2, -0.15) is 5.10 Å². The van der Waals surface area contributed by atoms with E-state index < -0.39 is 0 Å². The normalized spacial score (nSPS) is 17.8. The van der Waals surface area contributed by atoms with Crippen LogP contribution >= 0.6 is 0 Å². The van der Waals surface area contributed by atoms with Gasteiger partial charge < -0.3 is 15.5 Å². The maximum absolute atomic E-state index is 12.8. The highest BCUT2D eigenvalue weighted by molar-refractivity contribution is 5.92. The number of carbonyl (C=O) groups excluding carboxylic acids is 2. The first-order valence-corrected chi connectivity index (χ1v) is 8.42. The number of benzene rings is 1. The molecule has 2 N–H and O–H groups in total. The van der Waals surface area contributed by atoms with E-state index in [1.807, 2.05) is 55.8 Å². The highest BCUT2D eigenvalue weighted by Crippen LogP contribution is 2.22. The number of carbonyl (C=O) groups is 2. The molecule has 132 valence electrons. The van der Waals surface area contributed by atoms with Crippen LogP contribution in [0.1, 0.15) is 24.7 Å². The quantitative estimate of drug-likeness (QED) is 0.879. The molecule has 0 radical (unpaired) electrons. The van der Waals surface area contributed by atoms with Crippen LogP contribution in [0.2, 0.25) is 0 Å². The molecule has 2 heterocycles. The van der Waals surface area contributed by atoms with E-state index in [4.69, 9.17) is 0 Å². The summed E-state index contributed by atoms with van der Waals surface area (Å²) in [7, 11) is 0. The van der Waals surface area contributed by atoms with Crippen LogP contribution in [0.4, 0.5) is 10.5 Å². The molecule has 3 rings (SSSR count). The monoisotopic (exact) mass is 341 g/mol. The Hall–Kier alpha value is -2.83. The third-order valence-electron chi connectivity index (χ3n) is 4.35. The highest BCUT2D eigenvalue weighted by Gasteiger charge is 2.25. The zero-order valence-corrected chi connectivity index (χ0v) is 14.7. The molecular weight excluding hydrogens is 318 g/mol. The number of nitrogens with one attached hydrogen (secondary N) is 2. The smallest absolute Gasteiger partial charge is 0.322 e. The van der Waals surface area contributed by atoms with E-state index in [1.54, 1.807) is 4.90 Å². The zero-order chi connectivity index (χ0) is 18.0. The second-order valence-corrected chi connectivity index (χ2v) is 6.38. The summed E-state index contributed by atoms with van der Waals surface area (Å²) >= 11 is 0. The van der Waals surface area contributed by atoms with E-state index in [1.165, 1.54) is 0 Å². The predicted octanol–water partition coefficient (Wildman–Crippen LogP) is 2.23. The van der Waals surface area contributed by atoms with Gasteiger partial charge in [0.15, 0.2) is 0 Å². The molecule has 2 aromatic rings. The van der Waals surface area contributed by atoms with Crippen molar-refractivity contribution < 1.29 is 9.59 Å². The Kier molecular flexibility index (Phi) is 4.74. The molecule has 1 atom stereocenters. The van der Waals surface area contributed by atoms with Gasteiger partial charge in [0.25, 0.3) is 0 Å². The van der Waals surface area contributed by atoms with Crippen molar-refractivity contribution in [2.24, 2.45) is 0 Å². The minimum Gasteiger partial charge on any atom is -0.354 e. The number of anilines is 1. The molecular formula is C18H23N5O2. The summed E-state index contributed by atoms with van der Waals surface area (Å²) in [6.07, 6.45) is 0.316. The summed E-state index contributed by atoms with van der Waals surface area (Å²) in [5.74, 6) is -0.0230. The lowest BCUT2D eigenvalue weighted by Crippen LogP contribution is -2.44. The second-order valence-electron chi connectivity index (χ2n) is 6.38. The average molecular weight is 341 g/mol. The van der Waals surface area contributed by atoms with Crippen LogP contribution < -0.4 is 10.6 Å². The molecule has 1 aromatic heterocycles. The summed E-state index contributed by atoms with van der Waals surface area (Å²) in [5.41, 5.74) is 3.43. The molecule has 0 aliphatic carbocycles. The summed E-state index contributed by atoms with van der Waals surface area (Å²) in [4.78, 5) is 26.0. The lowest BCUT2D eigenvalue weighted by molar-refractivity contribution is -0.120. The Bertz CT molecular complexity index is 799. The van der Waals surface area contributed by atoms with Crippen LogP contribution in [0.5, 0.6) is 0 Å².